The Hall–Kier alpha value is -2.67. The monoisotopic (exact) mass is 396 g/mol. The largest absolute Gasteiger partial charge is 0.415 e. The highest BCUT2D eigenvalue weighted by molar-refractivity contribution is 7.18. The molecular weight excluding hydrogens is 372 g/mol. The molecule has 1 amide bonds. The zero-order chi connectivity index (χ0) is 19.7. The van der Waals surface area contributed by atoms with Crippen molar-refractivity contribution in [3.8, 4) is 5.75 Å². The fourth-order valence-electron chi connectivity index (χ4n) is 3.22. The summed E-state index contributed by atoms with van der Waals surface area (Å²) in [5, 5.41) is 1.10. The minimum absolute atomic E-state index is 0.0858. The molecule has 146 valence electrons. The first-order valence-corrected chi connectivity index (χ1v) is 10.3. The number of ether oxygens (including phenoxy) is 1. The number of fused-ring (bicyclic) bond motifs is 1. The van der Waals surface area contributed by atoms with Gasteiger partial charge in [0.25, 0.3) is 0 Å². The molecule has 2 aromatic heterocycles. The van der Waals surface area contributed by atoms with Crippen LogP contribution in [0.1, 0.15) is 25.6 Å². The summed E-state index contributed by atoms with van der Waals surface area (Å²) in [4.78, 5) is 27.7. The molecule has 0 bridgehead atoms. The Balaban J connectivity index is 1.46. The normalized spacial score (nSPS) is 15.1. The summed E-state index contributed by atoms with van der Waals surface area (Å²) in [7, 11) is 0. The maximum Gasteiger partial charge on any atom is 0.415 e. The predicted octanol–water partition coefficient (Wildman–Crippen LogP) is 4.31. The summed E-state index contributed by atoms with van der Waals surface area (Å²) < 4.78 is 5.45. The van der Waals surface area contributed by atoms with Gasteiger partial charge < -0.3 is 14.5 Å². The average molecular weight is 397 g/mol. The zero-order valence-electron chi connectivity index (χ0n) is 16.4. The molecule has 1 aliphatic rings. The van der Waals surface area contributed by atoms with E-state index in [1.165, 1.54) is 4.88 Å². The average Bonchev–Trinajstić information content (AvgIpc) is 3.14. The van der Waals surface area contributed by atoms with E-state index >= 15 is 0 Å². The molecule has 1 aromatic carbocycles. The lowest BCUT2D eigenvalue weighted by Gasteiger charge is -2.34. The molecule has 28 heavy (non-hydrogen) atoms. The highest BCUT2D eigenvalue weighted by Gasteiger charge is 2.26. The van der Waals surface area contributed by atoms with Gasteiger partial charge in [-0.2, -0.15) is 0 Å². The molecular formula is C21H24N4O2S. The van der Waals surface area contributed by atoms with Crippen molar-refractivity contribution >= 4 is 33.5 Å². The Morgan fingerprint density at radius 3 is 2.46 bits per heavy atom. The van der Waals surface area contributed by atoms with Crippen LogP contribution in [0.5, 0.6) is 5.75 Å². The van der Waals surface area contributed by atoms with E-state index in [4.69, 9.17) is 4.74 Å². The number of anilines is 1. The van der Waals surface area contributed by atoms with Crippen LogP contribution in [0.25, 0.3) is 10.2 Å². The van der Waals surface area contributed by atoms with Gasteiger partial charge in [0, 0.05) is 31.1 Å². The third kappa shape index (κ3) is 3.80. The number of piperazine rings is 1. The molecule has 0 aliphatic carbocycles. The summed E-state index contributed by atoms with van der Waals surface area (Å²) in [6.45, 7) is 9.28. The van der Waals surface area contributed by atoms with Crippen molar-refractivity contribution in [3.63, 3.8) is 0 Å². The van der Waals surface area contributed by atoms with Crippen molar-refractivity contribution in [1.29, 1.82) is 0 Å². The van der Waals surface area contributed by atoms with Crippen LogP contribution in [0.4, 0.5) is 10.6 Å². The number of nitrogens with zero attached hydrogens (tertiary/aromatic N) is 4. The lowest BCUT2D eigenvalue weighted by Crippen LogP contribution is -2.49. The van der Waals surface area contributed by atoms with Crippen LogP contribution in [0, 0.1) is 0 Å². The number of rotatable bonds is 2. The van der Waals surface area contributed by atoms with Crippen molar-refractivity contribution in [2.24, 2.45) is 0 Å². The molecule has 0 saturated carbocycles. The molecule has 4 rings (SSSR count). The van der Waals surface area contributed by atoms with E-state index in [1.54, 1.807) is 34.7 Å². The van der Waals surface area contributed by atoms with E-state index in [9.17, 15) is 4.79 Å². The topological polar surface area (TPSA) is 58.6 Å². The summed E-state index contributed by atoms with van der Waals surface area (Å²) in [5.74, 6) is 1.52. The number of amides is 1. The van der Waals surface area contributed by atoms with E-state index in [-0.39, 0.29) is 11.5 Å². The van der Waals surface area contributed by atoms with Gasteiger partial charge in [-0.05, 0) is 23.6 Å². The maximum absolute atomic E-state index is 12.4. The van der Waals surface area contributed by atoms with Gasteiger partial charge in [-0.15, -0.1) is 11.3 Å². The van der Waals surface area contributed by atoms with Crippen LogP contribution < -0.4 is 9.64 Å². The highest BCUT2D eigenvalue weighted by Crippen LogP contribution is 2.36. The number of hydrogen-bond donors (Lipinski definition) is 0. The van der Waals surface area contributed by atoms with Crippen molar-refractivity contribution in [2.75, 3.05) is 31.1 Å². The third-order valence-corrected chi connectivity index (χ3v) is 6.30. The number of hydrogen-bond acceptors (Lipinski definition) is 6. The molecule has 7 heteroatoms. The van der Waals surface area contributed by atoms with Gasteiger partial charge in [0.15, 0.2) is 0 Å². The molecule has 1 aliphatic heterocycles. The molecule has 3 aromatic rings. The first-order valence-electron chi connectivity index (χ1n) is 9.43. The van der Waals surface area contributed by atoms with Gasteiger partial charge in [-0.25, -0.2) is 14.8 Å². The van der Waals surface area contributed by atoms with Crippen LogP contribution >= 0.6 is 11.3 Å². The van der Waals surface area contributed by atoms with Crippen molar-refractivity contribution < 1.29 is 9.53 Å². The Morgan fingerprint density at radius 2 is 1.79 bits per heavy atom. The smallest absolute Gasteiger partial charge is 0.410 e. The van der Waals surface area contributed by atoms with Crippen LogP contribution in [0.3, 0.4) is 0 Å². The molecule has 0 unspecified atom stereocenters. The second-order valence-electron chi connectivity index (χ2n) is 7.93. The maximum atomic E-state index is 12.4. The first-order chi connectivity index (χ1) is 13.4. The Bertz CT molecular complexity index is 973. The van der Waals surface area contributed by atoms with Gasteiger partial charge in [-0.1, -0.05) is 39.0 Å². The number of benzene rings is 1. The molecule has 0 atom stereocenters. The molecule has 6 nitrogen and oxygen atoms in total. The van der Waals surface area contributed by atoms with E-state index in [1.807, 2.05) is 18.2 Å². The molecule has 0 N–H and O–H groups in total. The molecule has 0 spiro atoms. The lowest BCUT2D eigenvalue weighted by molar-refractivity contribution is 0.149. The van der Waals surface area contributed by atoms with Gasteiger partial charge in [0.2, 0.25) is 0 Å². The number of carbonyl (C=O) groups is 1. The highest BCUT2D eigenvalue weighted by atomic mass is 32.1. The predicted molar refractivity (Wildman–Crippen MR) is 112 cm³/mol. The quantitative estimate of drug-likeness (QED) is 0.646. The van der Waals surface area contributed by atoms with Crippen LogP contribution in [0.15, 0.2) is 42.7 Å². The number of thiophene rings is 1. The summed E-state index contributed by atoms with van der Waals surface area (Å²) in [6, 6.07) is 11.4. The van der Waals surface area contributed by atoms with Crippen molar-refractivity contribution in [3.05, 3.63) is 47.6 Å². The van der Waals surface area contributed by atoms with Crippen LogP contribution in [0.2, 0.25) is 0 Å². The van der Waals surface area contributed by atoms with E-state index in [2.05, 4.69) is 41.7 Å². The summed E-state index contributed by atoms with van der Waals surface area (Å²) >= 11 is 1.73. The summed E-state index contributed by atoms with van der Waals surface area (Å²) in [5.41, 5.74) is 0.0858. The van der Waals surface area contributed by atoms with Gasteiger partial charge >= 0.3 is 6.09 Å². The summed E-state index contributed by atoms with van der Waals surface area (Å²) in [6.07, 6.45) is 1.33. The number of aromatic nitrogens is 2. The van der Waals surface area contributed by atoms with E-state index in [0.29, 0.717) is 18.8 Å². The van der Waals surface area contributed by atoms with E-state index < -0.39 is 0 Å². The van der Waals surface area contributed by atoms with Crippen LogP contribution in [-0.4, -0.2) is 47.1 Å². The standard InChI is InChI=1S/C21H24N4O2S/c1-21(2,3)17-13-16-18(22-14-23-19(16)28-17)24-9-11-25(12-10-24)20(26)27-15-7-5-4-6-8-15/h4-8,13-14H,9-12H2,1-3H3. The van der Waals surface area contributed by atoms with Gasteiger partial charge in [0.05, 0.1) is 5.39 Å². The molecule has 1 saturated heterocycles. The Morgan fingerprint density at radius 1 is 1.07 bits per heavy atom. The fourth-order valence-corrected chi connectivity index (χ4v) is 4.27. The third-order valence-electron chi connectivity index (χ3n) is 4.83. The molecule has 3 heterocycles. The molecule has 1 fully saturated rings. The first kappa shape index (κ1) is 18.7. The van der Waals surface area contributed by atoms with E-state index in [0.717, 1.165) is 29.1 Å². The fraction of sp³-hybridized carbons (Fsp3) is 0.381. The lowest BCUT2D eigenvalue weighted by atomic mass is 9.94. The SMILES string of the molecule is CC(C)(C)c1cc2c(N3CCN(C(=O)Oc4ccccc4)CC3)ncnc2s1. The van der Waals surface area contributed by atoms with Crippen molar-refractivity contribution in [1.82, 2.24) is 14.9 Å². The minimum Gasteiger partial charge on any atom is -0.410 e. The number of para-hydroxylation sites is 1. The van der Waals surface area contributed by atoms with Gasteiger partial charge in [-0.3, -0.25) is 0 Å². The minimum atomic E-state index is -0.302. The molecule has 0 radical (unpaired) electrons. The Labute approximate surface area is 168 Å². The number of carbonyl (C=O) groups excluding carboxylic acids is 1. The van der Waals surface area contributed by atoms with Gasteiger partial charge in [0.1, 0.15) is 22.7 Å². The van der Waals surface area contributed by atoms with Crippen molar-refractivity contribution in [2.45, 2.75) is 26.2 Å². The zero-order valence-corrected chi connectivity index (χ0v) is 17.2. The second kappa shape index (κ2) is 7.39. The van der Waals surface area contributed by atoms with Crippen LogP contribution in [-0.2, 0) is 5.41 Å². The second-order valence-corrected chi connectivity index (χ2v) is 8.96. The Kier molecular flexibility index (Phi) is 4.93.